The molecule has 23 heavy (non-hydrogen) atoms. The molecule has 0 amide bonds. The van der Waals surface area contributed by atoms with Crippen LogP contribution in [0.15, 0.2) is 70.9 Å². The number of hydrogen-bond donors (Lipinski definition) is 2. The van der Waals surface area contributed by atoms with Crippen LogP contribution in [0.1, 0.15) is 34.6 Å². The van der Waals surface area contributed by atoms with Crippen molar-refractivity contribution in [1.82, 2.24) is 0 Å². The average Bonchev–Trinajstić information content (AvgIpc) is 2.42. The second-order valence-corrected chi connectivity index (χ2v) is 6.45. The molecular weight excluding hydrogens is 288 g/mol. The Balaban J connectivity index is 2.88. The van der Waals surface area contributed by atoms with E-state index in [1.54, 1.807) is 13.0 Å². The molecule has 1 rings (SSSR count). The topological polar surface area (TPSA) is 57.5 Å². The maximum Gasteiger partial charge on any atom is 0.328 e. The predicted molar refractivity (Wildman–Crippen MR) is 95.1 cm³/mol. The Morgan fingerprint density at radius 3 is 2.48 bits per heavy atom. The van der Waals surface area contributed by atoms with Crippen LogP contribution < -0.4 is 0 Å². The maximum absolute atomic E-state index is 10.5. The lowest BCUT2D eigenvalue weighted by Crippen LogP contribution is -2.31. The van der Waals surface area contributed by atoms with Crippen molar-refractivity contribution in [3.63, 3.8) is 0 Å². The fraction of sp³-hybridized carbons (Fsp3) is 0.350. The van der Waals surface area contributed by atoms with Gasteiger partial charge in [-0.2, -0.15) is 0 Å². The molecule has 0 aromatic rings. The molecule has 0 aromatic heterocycles. The van der Waals surface area contributed by atoms with Crippen LogP contribution >= 0.6 is 0 Å². The lowest BCUT2D eigenvalue weighted by molar-refractivity contribution is -0.131. The van der Waals surface area contributed by atoms with Crippen LogP contribution in [0.25, 0.3) is 0 Å². The van der Waals surface area contributed by atoms with E-state index in [0.717, 1.165) is 16.7 Å². The maximum atomic E-state index is 10.5. The van der Waals surface area contributed by atoms with Crippen LogP contribution in [0.3, 0.4) is 0 Å². The van der Waals surface area contributed by atoms with E-state index < -0.39 is 12.1 Å². The number of rotatable bonds is 5. The molecule has 0 fully saturated rings. The number of aliphatic hydroxyl groups is 1. The molecule has 1 aliphatic carbocycles. The van der Waals surface area contributed by atoms with E-state index in [9.17, 15) is 9.90 Å². The first-order chi connectivity index (χ1) is 10.6. The van der Waals surface area contributed by atoms with Gasteiger partial charge in [0.1, 0.15) is 0 Å². The Morgan fingerprint density at radius 1 is 1.22 bits per heavy atom. The van der Waals surface area contributed by atoms with Gasteiger partial charge in [-0.25, -0.2) is 4.79 Å². The summed E-state index contributed by atoms with van der Waals surface area (Å²) in [6, 6.07) is 0. The molecule has 2 N–H and O–H groups in total. The molecule has 0 spiro atoms. The summed E-state index contributed by atoms with van der Waals surface area (Å²) in [5.41, 5.74) is 3.69. The molecule has 3 heteroatoms. The summed E-state index contributed by atoms with van der Waals surface area (Å²) >= 11 is 0. The molecule has 0 aliphatic heterocycles. The van der Waals surface area contributed by atoms with Gasteiger partial charge in [0.2, 0.25) is 0 Å². The number of carboxylic acid groups (broad SMARTS) is 1. The SMILES string of the molecule is CC1=C(/C=C/C(C)=C/C=C/C(C)=C\C(=O)O)C(C)(C)C(O)C=C1. The third-order valence-corrected chi connectivity index (χ3v) is 3.97. The lowest BCUT2D eigenvalue weighted by atomic mass is 9.73. The highest BCUT2D eigenvalue weighted by Gasteiger charge is 2.32. The minimum Gasteiger partial charge on any atom is -0.478 e. The van der Waals surface area contributed by atoms with Gasteiger partial charge in [-0.15, -0.1) is 0 Å². The van der Waals surface area contributed by atoms with Crippen LogP contribution in [0.2, 0.25) is 0 Å². The fourth-order valence-electron chi connectivity index (χ4n) is 2.44. The van der Waals surface area contributed by atoms with E-state index in [2.05, 4.69) is 0 Å². The van der Waals surface area contributed by atoms with Crippen molar-refractivity contribution in [3.8, 4) is 0 Å². The van der Waals surface area contributed by atoms with Crippen molar-refractivity contribution in [2.24, 2.45) is 5.41 Å². The van der Waals surface area contributed by atoms with Gasteiger partial charge in [0, 0.05) is 11.5 Å². The molecule has 0 saturated carbocycles. The van der Waals surface area contributed by atoms with E-state index in [4.69, 9.17) is 5.11 Å². The molecule has 3 nitrogen and oxygen atoms in total. The zero-order valence-electron chi connectivity index (χ0n) is 14.5. The first-order valence-electron chi connectivity index (χ1n) is 7.66. The molecule has 1 atom stereocenters. The number of carbonyl (C=O) groups is 1. The highest BCUT2D eigenvalue weighted by atomic mass is 16.4. The zero-order valence-corrected chi connectivity index (χ0v) is 14.5. The van der Waals surface area contributed by atoms with Crippen LogP contribution in [0, 0.1) is 5.41 Å². The number of carboxylic acids is 1. The van der Waals surface area contributed by atoms with Crippen molar-refractivity contribution < 1.29 is 15.0 Å². The van der Waals surface area contributed by atoms with Crippen molar-refractivity contribution in [3.05, 3.63) is 70.9 Å². The number of aliphatic hydroxyl groups excluding tert-OH is 1. The highest BCUT2D eigenvalue weighted by Crippen LogP contribution is 2.37. The van der Waals surface area contributed by atoms with Gasteiger partial charge in [0.25, 0.3) is 0 Å². The van der Waals surface area contributed by atoms with Crippen molar-refractivity contribution >= 4 is 5.97 Å². The number of aliphatic carboxylic acids is 1. The Kier molecular flexibility index (Phi) is 6.52. The largest absolute Gasteiger partial charge is 0.478 e. The van der Waals surface area contributed by atoms with E-state index >= 15 is 0 Å². The van der Waals surface area contributed by atoms with E-state index in [-0.39, 0.29) is 5.41 Å². The second-order valence-electron chi connectivity index (χ2n) is 6.45. The monoisotopic (exact) mass is 314 g/mol. The van der Waals surface area contributed by atoms with Gasteiger partial charge in [0.05, 0.1) is 6.10 Å². The van der Waals surface area contributed by atoms with E-state index in [1.807, 2.05) is 64.2 Å². The minimum absolute atomic E-state index is 0.313. The normalized spacial score (nSPS) is 22.4. The van der Waals surface area contributed by atoms with Crippen molar-refractivity contribution in [1.29, 1.82) is 0 Å². The van der Waals surface area contributed by atoms with E-state index in [0.29, 0.717) is 5.57 Å². The standard InChI is InChI=1S/C20H26O3/c1-14(7-6-8-15(2)13-19(22)23)9-11-17-16(3)10-12-18(21)20(17,4)5/h6-13,18,21H,1-5H3,(H,22,23)/b8-6+,11-9+,14-7+,15-13-. The van der Waals surface area contributed by atoms with Crippen molar-refractivity contribution in [2.75, 3.05) is 0 Å². The van der Waals surface area contributed by atoms with Gasteiger partial charge in [-0.1, -0.05) is 62.0 Å². The third kappa shape index (κ3) is 5.53. The summed E-state index contributed by atoms with van der Waals surface area (Å²) in [4.78, 5) is 10.5. The van der Waals surface area contributed by atoms with Crippen LogP contribution in [0.5, 0.6) is 0 Å². The molecule has 0 radical (unpaired) electrons. The zero-order chi connectivity index (χ0) is 17.6. The molecule has 1 unspecified atom stereocenters. The Hall–Kier alpha value is -2.13. The first-order valence-corrected chi connectivity index (χ1v) is 7.66. The van der Waals surface area contributed by atoms with Crippen LogP contribution in [-0.4, -0.2) is 22.3 Å². The summed E-state index contributed by atoms with van der Waals surface area (Å²) < 4.78 is 0. The van der Waals surface area contributed by atoms with Crippen molar-refractivity contribution in [2.45, 2.75) is 40.7 Å². The summed E-state index contributed by atoms with van der Waals surface area (Å²) in [5.74, 6) is -0.943. The highest BCUT2D eigenvalue weighted by molar-refractivity contribution is 5.81. The number of allylic oxidation sites excluding steroid dienone is 9. The summed E-state index contributed by atoms with van der Waals surface area (Å²) in [5, 5.41) is 18.8. The molecule has 0 saturated heterocycles. The molecular formula is C20H26O3. The van der Waals surface area contributed by atoms with Gasteiger partial charge >= 0.3 is 5.97 Å². The van der Waals surface area contributed by atoms with Gasteiger partial charge < -0.3 is 10.2 Å². The lowest BCUT2D eigenvalue weighted by Gasteiger charge is -2.34. The molecule has 0 bridgehead atoms. The molecule has 0 heterocycles. The predicted octanol–water partition coefficient (Wildman–Crippen LogP) is 4.35. The Labute approximate surface area is 138 Å². The summed E-state index contributed by atoms with van der Waals surface area (Å²) in [6.45, 7) is 9.83. The van der Waals surface area contributed by atoms with Gasteiger partial charge in [-0.3, -0.25) is 0 Å². The second kappa shape index (κ2) is 7.93. The quantitative estimate of drug-likeness (QED) is 0.586. The van der Waals surface area contributed by atoms with Gasteiger partial charge in [-0.05, 0) is 37.5 Å². The molecule has 0 aromatic carbocycles. The van der Waals surface area contributed by atoms with Gasteiger partial charge in [0.15, 0.2) is 0 Å². The summed E-state index contributed by atoms with van der Waals surface area (Å²) in [6.07, 6.45) is 14.0. The third-order valence-electron chi connectivity index (χ3n) is 3.97. The van der Waals surface area contributed by atoms with Crippen LogP contribution in [-0.2, 0) is 4.79 Å². The average molecular weight is 314 g/mol. The van der Waals surface area contributed by atoms with Crippen LogP contribution in [0.4, 0.5) is 0 Å². The Bertz CT molecular complexity index is 638. The molecule has 124 valence electrons. The summed E-state index contributed by atoms with van der Waals surface area (Å²) in [7, 11) is 0. The van der Waals surface area contributed by atoms with E-state index in [1.165, 1.54) is 6.08 Å². The number of hydrogen-bond acceptors (Lipinski definition) is 2. The smallest absolute Gasteiger partial charge is 0.328 e. The molecule has 1 aliphatic rings. The fourth-order valence-corrected chi connectivity index (χ4v) is 2.44. The minimum atomic E-state index is -0.943. The Morgan fingerprint density at radius 2 is 1.87 bits per heavy atom. The first kappa shape index (κ1) is 18.9.